The Morgan fingerprint density at radius 1 is 1.45 bits per heavy atom. The molecule has 0 aromatic carbocycles. The first-order valence-electron chi connectivity index (χ1n) is 3.18. The molecule has 0 bridgehead atoms. The van der Waals surface area contributed by atoms with Crippen LogP contribution in [0.25, 0.3) is 0 Å². The Balaban J connectivity index is 3.46. The quantitative estimate of drug-likeness (QED) is 0.257. The number of nitrogens with one attached hydrogen (secondary N) is 1. The van der Waals surface area contributed by atoms with Crippen LogP contribution in [0.2, 0.25) is 0 Å². The van der Waals surface area contributed by atoms with Crippen LogP contribution >= 0.6 is 11.8 Å². The lowest BCUT2D eigenvalue weighted by molar-refractivity contribution is 0.945. The van der Waals surface area contributed by atoms with Gasteiger partial charge in [-0.2, -0.15) is 4.99 Å². The molecule has 0 spiro atoms. The maximum absolute atomic E-state index is 7.17. The smallest absolute Gasteiger partial charge is 0.193 e. The number of amidine groups is 1. The fraction of sp³-hybridized carbons (Fsp3) is 0.600. The van der Waals surface area contributed by atoms with E-state index in [1.807, 2.05) is 0 Å². The molecule has 5 nitrogen and oxygen atoms in total. The van der Waals surface area contributed by atoms with E-state index in [2.05, 4.69) is 4.99 Å². The molecule has 7 N–H and O–H groups in total. The molecule has 0 rings (SSSR count). The summed E-state index contributed by atoms with van der Waals surface area (Å²) in [5.41, 5.74) is 15.3. The second-order valence-corrected chi connectivity index (χ2v) is 2.92. The lowest BCUT2D eigenvalue weighted by Crippen LogP contribution is -2.23. The molecule has 0 saturated heterocycles. The summed E-state index contributed by atoms with van der Waals surface area (Å²) in [7, 11) is 0. The van der Waals surface area contributed by atoms with Gasteiger partial charge < -0.3 is 17.2 Å². The summed E-state index contributed by atoms with van der Waals surface area (Å²) in [5, 5.41) is 7.31. The van der Waals surface area contributed by atoms with E-state index >= 15 is 0 Å². The summed E-state index contributed by atoms with van der Waals surface area (Å²) in [4.78, 5) is 3.53. The van der Waals surface area contributed by atoms with E-state index in [4.69, 9.17) is 22.6 Å². The summed E-state index contributed by atoms with van der Waals surface area (Å²) >= 11 is 1.29. The Bertz CT molecular complexity index is 151. The number of nitrogens with zero attached hydrogens (tertiary/aromatic N) is 1. The van der Waals surface area contributed by atoms with Crippen molar-refractivity contribution in [2.24, 2.45) is 22.2 Å². The molecular weight excluding hydrogens is 162 g/mol. The van der Waals surface area contributed by atoms with Crippen LogP contribution in [-0.2, 0) is 0 Å². The normalized spacial score (nSPS) is 9.18. The minimum absolute atomic E-state index is 0.0738. The molecule has 0 amide bonds. The Hall–Kier alpha value is -0.750. The van der Waals surface area contributed by atoms with Crippen LogP contribution in [0.1, 0.15) is 6.42 Å². The van der Waals surface area contributed by atoms with Crippen molar-refractivity contribution in [1.82, 2.24) is 0 Å². The van der Waals surface area contributed by atoms with Crippen LogP contribution in [0.5, 0.6) is 0 Å². The standard InChI is InChI=1S/C5H13N5S/c6-2-1-3-11-5(9)10-4(7)8/h1-3,6H2,(H5,7,8,9,10). The monoisotopic (exact) mass is 175 g/mol. The molecule has 0 aliphatic heterocycles. The van der Waals surface area contributed by atoms with Gasteiger partial charge in [0.2, 0.25) is 0 Å². The highest BCUT2D eigenvalue weighted by atomic mass is 32.2. The molecule has 0 unspecified atom stereocenters. The Morgan fingerprint density at radius 3 is 2.55 bits per heavy atom. The van der Waals surface area contributed by atoms with Gasteiger partial charge in [-0.05, 0) is 13.0 Å². The molecule has 0 saturated carbocycles. The highest BCUT2D eigenvalue weighted by Crippen LogP contribution is 2.03. The van der Waals surface area contributed by atoms with Crippen molar-refractivity contribution < 1.29 is 0 Å². The molecule has 0 atom stereocenters. The van der Waals surface area contributed by atoms with E-state index in [-0.39, 0.29) is 11.1 Å². The first-order valence-corrected chi connectivity index (χ1v) is 4.16. The fourth-order valence-corrected chi connectivity index (χ4v) is 1.08. The zero-order chi connectivity index (χ0) is 8.69. The van der Waals surface area contributed by atoms with E-state index in [0.29, 0.717) is 6.54 Å². The first kappa shape index (κ1) is 10.2. The van der Waals surface area contributed by atoms with Gasteiger partial charge in [0.25, 0.3) is 0 Å². The fourth-order valence-electron chi connectivity index (χ4n) is 0.402. The molecule has 0 aliphatic rings. The van der Waals surface area contributed by atoms with Gasteiger partial charge in [0, 0.05) is 5.75 Å². The lowest BCUT2D eigenvalue weighted by Gasteiger charge is -1.96. The summed E-state index contributed by atoms with van der Waals surface area (Å²) in [6.45, 7) is 0.627. The second-order valence-electron chi connectivity index (χ2n) is 1.83. The molecule has 0 aromatic heterocycles. The van der Waals surface area contributed by atoms with Crippen LogP contribution in [0.3, 0.4) is 0 Å². The average Bonchev–Trinajstić information content (AvgIpc) is 1.86. The van der Waals surface area contributed by atoms with Gasteiger partial charge in [-0.15, -0.1) is 0 Å². The Morgan fingerprint density at radius 2 is 2.09 bits per heavy atom. The van der Waals surface area contributed by atoms with E-state index in [0.717, 1.165) is 12.2 Å². The summed E-state index contributed by atoms with van der Waals surface area (Å²) < 4.78 is 0. The van der Waals surface area contributed by atoms with Crippen molar-refractivity contribution in [3.8, 4) is 0 Å². The van der Waals surface area contributed by atoms with E-state index in [1.54, 1.807) is 0 Å². The summed E-state index contributed by atoms with van der Waals surface area (Å²) in [6, 6.07) is 0. The van der Waals surface area contributed by atoms with Crippen molar-refractivity contribution in [3.05, 3.63) is 0 Å². The molecule has 11 heavy (non-hydrogen) atoms. The van der Waals surface area contributed by atoms with Gasteiger partial charge in [-0.25, -0.2) is 0 Å². The Kier molecular flexibility index (Phi) is 5.58. The van der Waals surface area contributed by atoms with E-state index in [9.17, 15) is 0 Å². The van der Waals surface area contributed by atoms with E-state index in [1.165, 1.54) is 11.8 Å². The highest BCUT2D eigenvalue weighted by molar-refractivity contribution is 8.13. The van der Waals surface area contributed by atoms with Crippen LogP contribution in [-0.4, -0.2) is 23.4 Å². The summed E-state index contributed by atoms with van der Waals surface area (Å²) in [5.74, 6) is 0.710. The minimum Gasteiger partial charge on any atom is -0.370 e. The van der Waals surface area contributed by atoms with E-state index < -0.39 is 0 Å². The number of hydrogen-bond donors (Lipinski definition) is 4. The van der Waals surface area contributed by atoms with Crippen LogP contribution in [0.4, 0.5) is 0 Å². The molecule has 0 aliphatic carbocycles. The third kappa shape index (κ3) is 7.14. The number of rotatable bonds is 3. The van der Waals surface area contributed by atoms with Crippen molar-refractivity contribution in [1.29, 1.82) is 5.41 Å². The maximum atomic E-state index is 7.17. The number of aliphatic imine (C=N–C) groups is 1. The maximum Gasteiger partial charge on any atom is 0.193 e. The van der Waals surface area contributed by atoms with Gasteiger partial charge >= 0.3 is 0 Å². The SMILES string of the molecule is N=C(N=C(N)N)SCCCN. The number of hydrogen-bond acceptors (Lipinski definition) is 3. The highest BCUT2D eigenvalue weighted by Gasteiger charge is 1.93. The molecule has 0 aromatic rings. The number of guanidine groups is 1. The zero-order valence-corrected chi connectivity index (χ0v) is 7.03. The van der Waals surface area contributed by atoms with Crippen LogP contribution < -0.4 is 17.2 Å². The minimum atomic E-state index is -0.0738. The van der Waals surface area contributed by atoms with Gasteiger partial charge in [-0.3, -0.25) is 5.41 Å². The average molecular weight is 175 g/mol. The lowest BCUT2D eigenvalue weighted by atomic mass is 10.5. The van der Waals surface area contributed by atoms with Gasteiger partial charge in [0.1, 0.15) is 0 Å². The third-order valence-corrected chi connectivity index (χ3v) is 1.68. The molecular formula is C5H13N5S. The zero-order valence-electron chi connectivity index (χ0n) is 6.21. The molecule has 0 heterocycles. The topological polar surface area (TPSA) is 114 Å². The van der Waals surface area contributed by atoms with Gasteiger partial charge in [-0.1, -0.05) is 11.8 Å². The number of thioether (sulfide) groups is 1. The van der Waals surface area contributed by atoms with Crippen molar-refractivity contribution in [3.63, 3.8) is 0 Å². The molecule has 64 valence electrons. The predicted octanol–water partition coefficient (Wildman–Crippen LogP) is -0.723. The molecule has 0 radical (unpaired) electrons. The van der Waals surface area contributed by atoms with Crippen molar-refractivity contribution in [2.75, 3.05) is 12.3 Å². The first-order chi connectivity index (χ1) is 5.16. The van der Waals surface area contributed by atoms with Crippen LogP contribution in [0.15, 0.2) is 4.99 Å². The van der Waals surface area contributed by atoms with Gasteiger partial charge in [0.15, 0.2) is 11.1 Å². The second kappa shape index (κ2) is 5.99. The van der Waals surface area contributed by atoms with Crippen molar-refractivity contribution >= 4 is 22.9 Å². The van der Waals surface area contributed by atoms with Gasteiger partial charge in [0.05, 0.1) is 0 Å². The largest absolute Gasteiger partial charge is 0.370 e. The Labute approximate surface area is 69.9 Å². The van der Waals surface area contributed by atoms with Crippen molar-refractivity contribution in [2.45, 2.75) is 6.42 Å². The summed E-state index contributed by atoms with van der Waals surface area (Å²) in [6.07, 6.45) is 0.868. The molecule has 6 heteroatoms. The van der Waals surface area contributed by atoms with Crippen LogP contribution in [0, 0.1) is 5.41 Å². The number of nitrogens with two attached hydrogens (primary N) is 3. The third-order valence-electron chi connectivity index (χ3n) is 0.818. The predicted molar refractivity (Wildman–Crippen MR) is 49.7 cm³/mol. The molecule has 0 fully saturated rings.